The number of aromatic nitrogens is 2. The highest BCUT2D eigenvalue weighted by Gasteiger charge is 2.33. The third kappa shape index (κ3) is 2.08. The van der Waals surface area contributed by atoms with Crippen molar-refractivity contribution in [2.45, 2.75) is 13.1 Å². The number of hydrogen-bond acceptors (Lipinski definition) is 1. The molecule has 16 heavy (non-hydrogen) atoms. The van der Waals surface area contributed by atoms with Crippen LogP contribution in [-0.4, -0.2) is 9.78 Å². The molecular weight excluding hydrogens is 217 g/mol. The molecule has 0 atom stereocenters. The first-order valence-electron chi connectivity index (χ1n) is 4.67. The average Bonchev–Trinajstić information content (AvgIpc) is 2.67. The number of alkyl halides is 3. The Morgan fingerprint density at radius 1 is 1.06 bits per heavy atom. The lowest BCUT2D eigenvalue weighted by molar-refractivity contribution is -0.141. The van der Waals surface area contributed by atoms with E-state index in [1.165, 1.54) is 10.9 Å². The zero-order chi connectivity index (χ0) is 11.8. The Hall–Kier alpha value is -1.78. The van der Waals surface area contributed by atoms with E-state index in [0.717, 1.165) is 11.6 Å². The van der Waals surface area contributed by atoms with Gasteiger partial charge in [0.05, 0.1) is 5.69 Å². The average molecular weight is 226 g/mol. The van der Waals surface area contributed by atoms with E-state index in [-0.39, 0.29) is 0 Å². The zero-order valence-electron chi connectivity index (χ0n) is 8.49. The fourth-order valence-electron chi connectivity index (χ4n) is 1.32. The quantitative estimate of drug-likeness (QED) is 0.730. The highest BCUT2D eigenvalue weighted by atomic mass is 19.4. The Morgan fingerprint density at radius 2 is 1.69 bits per heavy atom. The summed E-state index contributed by atoms with van der Waals surface area (Å²) in [6, 6.07) is 8.05. The topological polar surface area (TPSA) is 17.8 Å². The molecular formula is C11H9F3N2. The maximum atomic E-state index is 12.3. The number of nitrogens with zero attached hydrogens (tertiary/aromatic N) is 2. The summed E-state index contributed by atoms with van der Waals surface area (Å²) < 4.78 is 38.1. The number of hydrogen-bond donors (Lipinski definition) is 0. The van der Waals surface area contributed by atoms with Crippen LogP contribution in [0.25, 0.3) is 5.69 Å². The normalized spacial score (nSPS) is 11.8. The smallest absolute Gasteiger partial charge is 0.240 e. The summed E-state index contributed by atoms with van der Waals surface area (Å²) in [6.07, 6.45) is -3.09. The third-order valence-electron chi connectivity index (χ3n) is 2.18. The fraction of sp³-hybridized carbons (Fsp3) is 0.182. The van der Waals surface area contributed by atoms with Gasteiger partial charge in [-0.05, 0) is 25.1 Å². The molecule has 5 heteroatoms. The highest BCUT2D eigenvalue weighted by molar-refractivity contribution is 5.33. The van der Waals surface area contributed by atoms with Crippen molar-refractivity contribution in [3.05, 3.63) is 47.8 Å². The van der Waals surface area contributed by atoms with Gasteiger partial charge in [-0.25, -0.2) is 4.68 Å². The van der Waals surface area contributed by atoms with Gasteiger partial charge in [0.1, 0.15) is 0 Å². The number of aryl methyl sites for hydroxylation is 1. The summed E-state index contributed by atoms with van der Waals surface area (Å²) in [5.41, 5.74) is 0.779. The SMILES string of the molecule is Cc1ccc(-n2ccc(C(F)(F)F)n2)cc1. The van der Waals surface area contributed by atoms with Gasteiger partial charge in [-0.1, -0.05) is 17.7 Å². The van der Waals surface area contributed by atoms with Gasteiger partial charge in [-0.15, -0.1) is 0 Å². The Bertz CT molecular complexity index is 483. The number of halogens is 3. The third-order valence-corrected chi connectivity index (χ3v) is 2.18. The molecule has 0 aliphatic carbocycles. The minimum atomic E-state index is -4.39. The lowest BCUT2D eigenvalue weighted by Gasteiger charge is -2.03. The summed E-state index contributed by atoms with van der Waals surface area (Å²) in [5.74, 6) is 0. The van der Waals surface area contributed by atoms with Crippen molar-refractivity contribution < 1.29 is 13.2 Å². The molecule has 0 unspecified atom stereocenters. The molecule has 1 aromatic carbocycles. The van der Waals surface area contributed by atoms with Crippen LogP contribution in [0.4, 0.5) is 13.2 Å². The molecule has 0 spiro atoms. The Kier molecular flexibility index (Phi) is 2.46. The van der Waals surface area contributed by atoms with E-state index < -0.39 is 11.9 Å². The van der Waals surface area contributed by atoms with Crippen molar-refractivity contribution >= 4 is 0 Å². The van der Waals surface area contributed by atoms with Crippen LogP contribution in [0.2, 0.25) is 0 Å². The lowest BCUT2D eigenvalue weighted by atomic mass is 10.2. The van der Waals surface area contributed by atoms with Gasteiger partial charge in [-0.3, -0.25) is 0 Å². The van der Waals surface area contributed by atoms with E-state index in [1.54, 1.807) is 12.1 Å². The van der Waals surface area contributed by atoms with Crippen LogP contribution < -0.4 is 0 Å². The largest absolute Gasteiger partial charge is 0.435 e. The molecule has 0 radical (unpaired) electrons. The Morgan fingerprint density at radius 3 is 2.19 bits per heavy atom. The predicted molar refractivity (Wildman–Crippen MR) is 53.3 cm³/mol. The van der Waals surface area contributed by atoms with E-state index in [9.17, 15) is 13.2 Å². The van der Waals surface area contributed by atoms with E-state index >= 15 is 0 Å². The Balaban J connectivity index is 2.35. The van der Waals surface area contributed by atoms with Gasteiger partial charge in [0, 0.05) is 6.20 Å². The van der Waals surface area contributed by atoms with Gasteiger partial charge in [0.2, 0.25) is 0 Å². The van der Waals surface area contributed by atoms with Crippen molar-refractivity contribution in [3.8, 4) is 5.69 Å². The van der Waals surface area contributed by atoms with Crippen molar-refractivity contribution in [2.75, 3.05) is 0 Å². The molecule has 2 rings (SSSR count). The number of rotatable bonds is 1. The monoisotopic (exact) mass is 226 g/mol. The minimum Gasteiger partial charge on any atom is -0.240 e. The van der Waals surface area contributed by atoms with Crippen molar-refractivity contribution in [1.29, 1.82) is 0 Å². The van der Waals surface area contributed by atoms with E-state index in [4.69, 9.17) is 0 Å². The highest BCUT2D eigenvalue weighted by Crippen LogP contribution is 2.27. The first-order chi connectivity index (χ1) is 7.47. The minimum absolute atomic E-state index is 0.612. The van der Waals surface area contributed by atoms with Gasteiger partial charge in [-0.2, -0.15) is 18.3 Å². The molecule has 0 saturated heterocycles. The summed E-state index contributed by atoms with van der Waals surface area (Å²) in [6.45, 7) is 1.91. The summed E-state index contributed by atoms with van der Waals surface area (Å²) in [5, 5.41) is 3.47. The van der Waals surface area contributed by atoms with Crippen LogP contribution in [0.5, 0.6) is 0 Å². The summed E-state index contributed by atoms with van der Waals surface area (Å²) >= 11 is 0. The first-order valence-corrected chi connectivity index (χ1v) is 4.67. The maximum Gasteiger partial charge on any atom is 0.435 e. The number of benzene rings is 1. The van der Waals surface area contributed by atoms with Crippen molar-refractivity contribution in [2.24, 2.45) is 0 Å². The van der Waals surface area contributed by atoms with Gasteiger partial charge >= 0.3 is 6.18 Å². The second kappa shape index (κ2) is 3.66. The summed E-state index contributed by atoms with van der Waals surface area (Å²) in [4.78, 5) is 0. The van der Waals surface area contributed by atoms with Crippen molar-refractivity contribution in [3.63, 3.8) is 0 Å². The molecule has 0 amide bonds. The summed E-state index contributed by atoms with van der Waals surface area (Å²) in [7, 11) is 0. The van der Waals surface area contributed by atoms with Crippen LogP contribution in [-0.2, 0) is 6.18 Å². The molecule has 2 nitrogen and oxygen atoms in total. The standard InChI is InChI=1S/C11H9F3N2/c1-8-2-4-9(5-3-8)16-7-6-10(15-16)11(12,13)14/h2-7H,1H3. The fourth-order valence-corrected chi connectivity index (χ4v) is 1.32. The molecule has 84 valence electrons. The van der Waals surface area contributed by atoms with E-state index in [1.807, 2.05) is 19.1 Å². The molecule has 0 aliphatic rings. The van der Waals surface area contributed by atoms with Gasteiger partial charge in [0.25, 0.3) is 0 Å². The van der Waals surface area contributed by atoms with Crippen molar-refractivity contribution in [1.82, 2.24) is 9.78 Å². The van der Waals surface area contributed by atoms with Crippen LogP contribution in [0.3, 0.4) is 0 Å². The molecule has 2 aromatic rings. The second-order valence-corrected chi connectivity index (χ2v) is 3.48. The molecule has 0 saturated carbocycles. The molecule has 0 aliphatic heterocycles. The van der Waals surface area contributed by atoms with Crippen LogP contribution >= 0.6 is 0 Å². The van der Waals surface area contributed by atoms with Gasteiger partial charge < -0.3 is 0 Å². The van der Waals surface area contributed by atoms with Gasteiger partial charge in [0.15, 0.2) is 5.69 Å². The lowest BCUT2D eigenvalue weighted by Crippen LogP contribution is -2.07. The molecule has 0 bridgehead atoms. The predicted octanol–water partition coefficient (Wildman–Crippen LogP) is 3.20. The van der Waals surface area contributed by atoms with E-state index in [0.29, 0.717) is 5.69 Å². The first kappa shape index (κ1) is 10.7. The zero-order valence-corrected chi connectivity index (χ0v) is 8.49. The van der Waals surface area contributed by atoms with Crippen LogP contribution in [0.15, 0.2) is 36.5 Å². The van der Waals surface area contributed by atoms with E-state index in [2.05, 4.69) is 5.10 Å². The molecule has 0 N–H and O–H groups in total. The Labute approximate surface area is 90.3 Å². The molecule has 1 aromatic heterocycles. The second-order valence-electron chi connectivity index (χ2n) is 3.48. The maximum absolute atomic E-state index is 12.3. The van der Waals surface area contributed by atoms with Crippen LogP contribution in [0, 0.1) is 6.92 Å². The molecule has 0 fully saturated rings. The molecule has 1 heterocycles. The van der Waals surface area contributed by atoms with Crippen LogP contribution in [0.1, 0.15) is 11.3 Å².